The lowest BCUT2D eigenvalue weighted by atomic mass is 10.2. The number of thiophene rings is 1. The van der Waals surface area contributed by atoms with Crippen molar-refractivity contribution in [1.82, 2.24) is 4.90 Å². The molecule has 0 spiro atoms. The van der Waals surface area contributed by atoms with Crippen molar-refractivity contribution in [1.29, 1.82) is 0 Å². The van der Waals surface area contributed by atoms with Crippen LogP contribution in [0.2, 0.25) is 0 Å². The zero-order chi connectivity index (χ0) is 12.1. The van der Waals surface area contributed by atoms with Gasteiger partial charge in [-0.1, -0.05) is 0 Å². The summed E-state index contributed by atoms with van der Waals surface area (Å²) in [5.41, 5.74) is 1.37. The first-order valence-corrected chi connectivity index (χ1v) is 7.14. The van der Waals surface area contributed by atoms with Crippen molar-refractivity contribution in [3.8, 4) is 0 Å². The SMILES string of the molecule is CCOC(=O)CN(CCc1ccsc1)C1CC1. The van der Waals surface area contributed by atoms with Gasteiger partial charge in [-0.2, -0.15) is 11.3 Å². The van der Waals surface area contributed by atoms with Gasteiger partial charge in [-0.05, 0) is 48.6 Å². The number of esters is 1. The molecule has 3 nitrogen and oxygen atoms in total. The third kappa shape index (κ3) is 4.13. The van der Waals surface area contributed by atoms with Crippen LogP contribution in [0, 0.1) is 0 Å². The Balaban J connectivity index is 1.78. The van der Waals surface area contributed by atoms with Crippen molar-refractivity contribution >= 4 is 17.3 Å². The number of rotatable bonds is 7. The van der Waals surface area contributed by atoms with Crippen LogP contribution < -0.4 is 0 Å². The van der Waals surface area contributed by atoms with E-state index in [9.17, 15) is 4.79 Å². The number of carbonyl (C=O) groups excluding carboxylic acids is 1. The molecule has 0 bridgehead atoms. The molecule has 2 rings (SSSR count). The summed E-state index contributed by atoms with van der Waals surface area (Å²) in [7, 11) is 0. The Kier molecular flexibility index (Phi) is 4.57. The summed E-state index contributed by atoms with van der Waals surface area (Å²) in [6.45, 7) is 3.73. The van der Waals surface area contributed by atoms with Crippen LogP contribution in [0.4, 0.5) is 0 Å². The first kappa shape index (κ1) is 12.6. The lowest BCUT2D eigenvalue weighted by Crippen LogP contribution is -2.34. The molecule has 17 heavy (non-hydrogen) atoms. The molecule has 1 aromatic heterocycles. The van der Waals surface area contributed by atoms with Gasteiger partial charge in [0.1, 0.15) is 0 Å². The van der Waals surface area contributed by atoms with Crippen LogP contribution in [0.1, 0.15) is 25.3 Å². The zero-order valence-corrected chi connectivity index (χ0v) is 11.0. The van der Waals surface area contributed by atoms with Crippen molar-refractivity contribution in [2.24, 2.45) is 0 Å². The van der Waals surface area contributed by atoms with Gasteiger partial charge in [-0.25, -0.2) is 0 Å². The third-order valence-electron chi connectivity index (χ3n) is 2.97. The smallest absolute Gasteiger partial charge is 0.320 e. The lowest BCUT2D eigenvalue weighted by Gasteiger charge is -2.20. The van der Waals surface area contributed by atoms with Crippen LogP contribution >= 0.6 is 11.3 Å². The number of hydrogen-bond acceptors (Lipinski definition) is 4. The van der Waals surface area contributed by atoms with E-state index in [1.807, 2.05) is 6.92 Å². The highest BCUT2D eigenvalue weighted by Crippen LogP contribution is 2.26. The molecule has 0 amide bonds. The average molecular weight is 253 g/mol. The van der Waals surface area contributed by atoms with Crippen molar-refractivity contribution < 1.29 is 9.53 Å². The maximum absolute atomic E-state index is 11.5. The molecule has 1 aliphatic carbocycles. The second-order valence-corrected chi connectivity index (χ2v) is 5.17. The van der Waals surface area contributed by atoms with Crippen molar-refractivity contribution in [2.45, 2.75) is 32.2 Å². The van der Waals surface area contributed by atoms with Gasteiger partial charge in [-0.15, -0.1) is 0 Å². The van der Waals surface area contributed by atoms with E-state index >= 15 is 0 Å². The molecule has 0 aromatic carbocycles. The molecule has 0 aliphatic heterocycles. The van der Waals surface area contributed by atoms with E-state index in [-0.39, 0.29) is 5.97 Å². The molecule has 1 aliphatic rings. The molecule has 1 heterocycles. The first-order chi connectivity index (χ1) is 8.29. The standard InChI is InChI=1S/C13H19NO2S/c1-2-16-13(15)9-14(12-3-4-12)7-5-11-6-8-17-10-11/h6,8,10,12H,2-5,7,9H2,1H3. The predicted octanol–water partition coefficient (Wildman–Crippen LogP) is 2.32. The Labute approximate surface area is 106 Å². The summed E-state index contributed by atoms with van der Waals surface area (Å²) >= 11 is 1.73. The van der Waals surface area contributed by atoms with E-state index in [1.54, 1.807) is 11.3 Å². The molecule has 0 radical (unpaired) electrons. The quantitative estimate of drug-likeness (QED) is 0.698. The van der Waals surface area contributed by atoms with Crippen molar-refractivity contribution in [2.75, 3.05) is 19.7 Å². The molecule has 0 atom stereocenters. The van der Waals surface area contributed by atoms with Gasteiger partial charge in [0.25, 0.3) is 0 Å². The van der Waals surface area contributed by atoms with E-state index in [2.05, 4.69) is 21.7 Å². The van der Waals surface area contributed by atoms with E-state index in [0.717, 1.165) is 13.0 Å². The topological polar surface area (TPSA) is 29.5 Å². The maximum Gasteiger partial charge on any atom is 0.320 e. The van der Waals surface area contributed by atoms with Gasteiger partial charge in [0.2, 0.25) is 0 Å². The third-order valence-corrected chi connectivity index (χ3v) is 3.70. The molecule has 94 valence electrons. The van der Waals surface area contributed by atoms with Crippen LogP contribution in [0.15, 0.2) is 16.8 Å². The Morgan fingerprint density at radius 3 is 3.00 bits per heavy atom. The molecule has 4 heteroatoms. The molecular weight excluding hydrogens is 234 g/mol. The van der Waals surface area contributed by atoms with Crippen LogP contribution in [-0.2, 0) is 16.0 Å². The molecule has 0 N–H and O–H groups in total. The Bertz CT molecular complexity index is 346. The highest BCUT2D eigenvalue weighted by molar-refractivity contribution is 7.07. The van der Waals surface area contributed by atoms with E-state index in [1.165, 1.54) is 18.4 Å². The Hall–Kier alpha value is -0.870. The molecule has 1 fully saturated rings. The maximum atomic E-state index is 11.5. The molecule has 0 saturated heterocycles. The predicted molar refractivity (Wildman–Crippen MR) is 69.3 cm³/mol. The van der Waals surface area contributed by atoms with E-state index < -0.39 is 0 Å². The second-order valence-electron chi connectivity index (χ2n) is 4.39. The first-order valence-electron chi connectivity index (χ1n) is 6.20. The summed E-state index contributed by atoms with van der Waals surface area (Å²) in [5, 5.41) is 4.28. The Morgan fingerprint density at radius 1 is 1.59 bits per heavy atom. The number of nitrogens with zero attached hydrogens (tertiary/aromatic N) is 1. The van der Waals surface area contributed by atoms with Crippen LogP contribution in [-0.4, -0.2) is 36.6 Å². The molecular formula is C13H19NO2S. The summed E-state index contributed by atoms with van der Waals surface area (Å²) < 4.78 is 5.01. The minimum atomic E-state index is -0.0929. The van der Waals surface area contributed by atoms with Gasteiger partial charge in [0.15, 0.2) is 0 Å². The summed E-state index contributed by atoms with van der Waals surface area (Å²) in [6, 6.07) is 2.76. The fourth-order valence-electron chi connectivity index (χ4n) is 1.91. The van der Waals surface area contributed by atoms with E-state index in [4.69, 9.17) is 4.74 Å². The van der Waals surface area contributed by atoms with Gasteiger partial charge < -0.3 is 4.74 Å². The summed E-state index contributed by atoms with van der Waals surface area (Å²) in [5.74, 6) is -0.0929. The molecule has 1 aromatic rings. The largest absolute Gasteiger partial charge is 0.465 e. The molecule has 0 unspecified atom stereocenters. The minimum absolute atomic E-state index is 0.0929. The highest BCUT2D eigenvalue weighted by Gasteiger charge is 2.30. The summed E-state index contributed by atoms with van der Waals surface area (Å²) in [6.07, 6.45) is 3.48. The normalized spacial score (nSPS) is 15.2. The van der Waals surface area contributed by atoms with Crippen LogP contribution in [0.3, 0.4) is 0 Å². The minimum Gasteiger partial charge on any atom is -0.465 e. The van der Waals surface area contributed by atoms with Crippen molar-refractivity contribution in [3.63, 3.8) is 0 Å². The van der Waals surface area contributed by atoms with E-state index in [0.29, 0.717) is 19.2 Å². The number of hydrogen-bond donors (Lipinski definition) is 0. The van der Waals surface area contributed by atoms with Gasteiger partial charge >= 0.3 is 5.97 Å². The molecule has 1 saturated carbocycles. The summed E-state index contributed by atoms with van der Waals surface area (Å²) in [4.78, 5) is 13.7. The zero-order valence-electron chi connectivity index (χ0n) is 10.2. The number of carbonyl (C=O) groups is 1. The van der Waals surface area contributed by atoms with Crippen molar-refractivity contribution in [3.05, 3.63) is 22.4 Å². The highest BCUT2D eigenvalue weighted by atomic mass is 32.1. The van der Waals surface area contributed by atoms with Crippen LogP contribution in [0.5, 0.6) is 0 Å². The van der Waals surface area contributed by atoms with Crippen LogP contribution in [0.25, 0.3) is 0 Å². The monoisotopic (exact) mass is 253 g/mol. The average Bonchev–Trinajstić information content (AvgIpc) is 3.02. The van der Waals surface area contributed by atoms with Gasteiger partial charge in [-0.3, -0.25) is 9.69 Å². The second kappa shape index (κ2) is 6.17. The number of ether oxygens (including phenoxy) is 1. The van der Waals surface area contributed by atoms with Gasteiger partial charge in [0, 0.05) is 12.6 Å². The Morgan fingerprint density at radius 2 is 2.41 bits per heavy atom. The lowest BCUT2D eigenvalue weighted by molar-refractivity contribution is -0.144. The fraction of sp³-hybridized carbons (Fsp3) is 0.615. The van der Waals surface area contributed by atoms with Gasteiger partial charge in [0.05, 0.1) is 13.2 Å². The fourth-order valence-corrected chi connectivity index (χ4v) is 2.61.